The summed E-state index contributed by atoms with van der Waals surface area (Å²) in [4.78, 5) is 15.9. The highest BCUT2D eigenvalue weighted by Crippen LogP contribution is 2.17. The van der Waals surface area contributed by atoms with Crippen molar-refractivity contribution in [1.82, 2.24) is 0 Å². The van der Waals surface area contributed by atoms with Crippen LogP contribution >= 0.6 is 0 Å². The summed E-state index contributed by atoms with van der Waals surface area (Å²) in [5, 5.41) is 8.72. The van der Waals surface area contributed by atoms with Crippen LogP contribution in [0.2, 0.25) is 0 Å². The van der Waals surface area contributed by atoms with Crippen LogP contribution in [-0.4, -0.2) is 37.4 Å². The Morgan fingerprint density at radius 1 is 1.29 bits per heavy atom. The molecule has 0 amide bonds. The highest BCUT2D eigenvalue weighted by atomic mass is 16.5. The van der Waals surface area contributed by atoms with Gasteiger partial charge in [0.1, 0.15) is 0 Å². The minimum atomic E-state index is -1.21. The highest BCUT2D eigenvalue weighted by molar-refractivity contribution is 5.89. The van der Waals surface area contributed by atoms with Crippen LogP contribution in [0.25, 0.3) is 10.9 Å². The smallest absolute Gasteiger partial charge is 0.333 e. The van der Waals surface area contributed by atoms with Crippen molar-refractivity contribution >= 4 is 17.7 Å². The standard InChI is InChI=1S/C16H16N2O3/c1-17-15(16(19)20)4-2-3-13-5-7-14(8-6-13)18-9-11-21-12-10-18/h2-8H,9-12H2,(H,19,20)/b3-2+,15-4-. The maximum atomic E-state index is 10.7. The second-order valence-electron chi connectivity index (χ2n) is 4.52. The number of morpholine rings is 1. The Kier molecular flexibility index (Phi) is 5.13. The molecule has 1 heterocycles. The third kappa shape index (κ3) is 4.20. The summed E-state index contributed by atoms with van der Waals surface area (Å²) in [7, 11) is 0. The first-order valence-corrected chi connectivity index (χ1v) is 6.62. The first kappa shape index (κ1) is 14.8. The van der Waals surface area contributed by atoms with E-state index in [1.165, 1.54) is 6.08 Å². The first-order valence-electron chi connectivity index (χ1n) is 6.62. The van der Waals surface area contributed by atoms with E-state index in [0.29, 0.717) is 0 Å². The zero-order valence-electron chi connectivity index (χ0n) is 11.5. The highest BCUT2D eigenvalue weighted by Gasteiger charge is 2.10. The summed E-state index contributed by atoms with van der Waals surface area (Å²) < 4.78 is 5.32. The fourth-order valence-electron chi connectivity index (χ4n) is 2.02. The lowest BCUT2D eigenvalue weighted by molar-refractivity contribution is -0.132. The number of nitrogens with zero attached hydrogens (tertiary/aromatic N) is 2. The summed E-state index contributed by atoms with van der Waals surface area (Å²) in [6.07, 6.45) is 4.65. The molecule has 0 spiro atoms. The minimum Gasteiger partial charge on any atom is -0.486 e. The lowest BCUT2D eigenvalue weighted by atomic mass is 10.1. The number of hydrogen-bond donors (Lipinski definition) is 1. The van der Waals surface area contributed by atoms with Crippen molar-refractivity contribution in [2.75, 3.05) is 31.2 Å². The lowest BCUT2D eigenvalue weighted by Crippen LogP contribution is -2.36. The largest absolute Gasteiger partial charge is 0.486 e. The topological polar surface area (TPSA) is 54.1 Å². The van der Waals surface area contributed by atoms with E-state index in [4.69, 9.17) is 16.4 Å². The second kappa shape index (κ2) is 7.27. The molecule has 1 aromatic rings. The van der Waals surface area contributed by atoms with Gasteiger partial charge in [0, 0.05) is 18.8 Å². The van der Waals surface area contributed by atoms with Gasteiger partial charge >= 0.3 is 5.97 Å². The summed E-state index contributed by atoms with van der Waals surface area (Å²) in [5.74, 6) is -1.21. The fourth-order valence-corrected chi connectivity index (χ4v) is 2.02. The van der Waals surface area contributed by atoms with Crippen LogP contribution < -0.4 is 4.90 Å². The molecule has 1 fully saturated rings. The van der Waals surface area contributed by atoms with E-state index in [-0.39, 0.29) is 5.70 Å². The molecule has 0 atom stereocenters. The van der Waals surface area contributed by atoms with Crippen LogP contribution in [-0.2, 0) is 9.53 Å². The van der Waals surface area contributed by atoms with Crippen molar-refractivity contribution in [3.8, 4) is 0 Å². The number of anilines is 1. The SMILES string of the molecule is [C-]#[N+]/C(=C\C=C\c1ccc(N2CCOCC2)cc1)C(=O)O. The van der Waals surface area contributed by atoms with E-state index in [9.17, 15) is 4.79 Å². The van der Waals surface area contributed by atoms with Crippen LogP contribution in [0.1, 0.15) is 5.56 Å². The van der Waals surface area contributed by atoms with Crippen LogP contribution in [0.5, 0.6) is 0 Å². The Hall–Kier alpha value is -2.58. The van der Waals surface area contributed by atoms with Crippen LogP contribution in [0.15, 0.2) is 42.1 Å². The normalized spacial score (nSPS) is 16.0. The Bertz CT molecular complexity index is 591. The number of allylic oxidation sites excluding steroid dienone is 2. The van der Waals surface area contributed by atoms with Gasteiger partial charge in [0.2, 0.25) is 0 Å². The average molecular weight is 284 g/mol. The predicted molar refractivity (Wildman–Crippen MR) is 80.8 cm³/mol. The van der Waals surface area contributed by atoms with Crippen molar-refractivity contribution < 1.29 is 14.6 Å². The molecule has 0 bridgehead atoms. The van der Waals surface area contributed by atoms with E-state index < -0.39 is 5.97 Å². The van der Waals surface area contributed by atoms with Crippen molar-refractivity contribution in [3.05, 3.63) is 59.1 Å². The summed E-state index contributed by atoms with van der Waals surface area (Å²) in [6.45, 7) is 10.0. The van der Waals surface area contributed by atoms with Crippen LogP contribution in [0, 0.1) is 6.57 Å². The maximum Gasteiger partial charge on any atom is 0.333 e. The molecule has 1 saturated heterocycles. The van der Waals surface area contributed by atoms with Crippen molar-refractivity contribution in [2.24, 2.45) is 0 Å². The van der Waals surface area contributed by atoms with Gasteiger partial charge in [-0.3, -0.25) is 4.79 Å². The molecule has 5 heteroatoms. The predicted octanol–water partition coefficient (Wildman–Crippen LogP) is 2.42. The monoisotopic (exact) mass is 284 g/mol. The fraction of sp³-hybridized carbons (Fsp3) is 0.250. The molecular formula is C16H16N2O3. The van der Waals surface area contributed by atoms with E-state index in [2.05, 4.69) is 9.74 Å². The molecule has 1 aliphatic rings. The van der Waals surface area contributed by atoms with Gasteiger partial charge in [0.25, 0.3) is 5.70 Å². The van der Waals surface area contributed by atoms with E-state index >= 15 is 0 Å². The van der Waals surface area contributed by atoms with Crippen molar-refractivity contribution in [1.29, 1.82) is 0 Å². The number of carboxylic acid groups (broad SMARTS) is 1. The van der Waals surface area contributed by atoms with Gasteiger partial charge in [-0.05, 0) is 23.8 Å². The van der Waals surface area contributed by atoms with Crippen LogP contribution in [0.3, 0.4) is 0 Å². The molecule has 0 unspecified atom stereocenters. The molecular weight excluding hydrogens is 268 g/mol. The molecule has 0 aromatic heterocycles. The molecule has 5 nitrogen and oxygen atoms in total. The molecule has 21 heavy (non-hydrogen) atoms. The van der Waals surface area contributed by atoms with Gasteiger partial charge < -0.3 is 14.7 Å². The molecule has 108 valence electrons. The van der Waals surface area contributed by atoms with Gasteiger partial charge in [0.15, 0.2) is 0 Å². The Morgan fingerprint density at radius 2 is 1.95 bits per heavy atom. The third-order valence-electron chi connectivity index (χ3n) is 3.15. The van der Waals surface area contributed by atoms with E-state index in [1.54, 1.807) is 12.2 Å². The van der Waals surface area contributed by atoms with E-state index in [0.717, 1.165) is 37.6 Å². The molecule has 0 saturated carbocycles. The van der Waals surface area contributed by atoms with Crippen molar-refractivity contribution in [2.45, 2.75) is 0 Å². The zero-order chi connectivity index (χ0) is 15.1. The summed E-state index contributed by atoms with van der Waals surface area (Å²) in [5.41, 5.74) is 1.81. The number of benzene rings is 1. The molecule has 1 N–H and O–H groups in total. The molecule has 1 aliphatic heterocycles. The minimum absolute atomic E-state index is 0.295. The number of aliphatic carboxylic acids is 1. The van der Waals surface area contributed by atoms with Gasteiger partial charge in [-0.2, -0.15) is 0 Å². The van der Waals surface area contributed by atoms with Gasteiger partial charge in [0.05, 0.1) is 19.8 Å². The van der Waals surface area contributed by atoms with E-state index in [1.807, 2.05) is 24.3 Å². The number of carbonyl (C=O) groups is 1. The quantitative estimate of drug-likeness (QED) is 0.524. The van der Waals surface area contributed by atoms with Crippen molar-refractivity contribution in [3.63, 3.8) is 0 Å². The third-order valence-corrected chi connectivity index (χ3v) is 3.15. The molecule has 0 radical (unpaired) electrons. The Balaban J connectivity index is 2.02. The number of rotatable bonds is 4. The second-order valence-corrected chi connectivity index (χ2v) is 4.52. The van der Waals surface area contributed by atoms with Gasteiger partial charge in [-0.25, -0.2) is 4.85 Å². The molecule has 1 aromatic carbocycles. The van der Waals surface area contributed by atoms with Gasteiger partial charge in [-0.15, -0.1) is 0 Å². The summed E-state index contributed by atoms with van der Waals surface area (Å²) in [6, 6.07) is 7.99. The number of carboxylic acids is 1. The Labute approximate surface area is 123 Å². The van der Waals surface area contributed by atoms with Crippen LogP contribution in [0.4, 0.5) is 5.69 Å². The first-order chi connectivity index (χ1) is 10.2. The summed E-state index contributed by atoms with van der Waals surface area (Å²) >= 11 is 0. The lowest BCUT2D eigenvalue weighted by Gasteiger charge is -2.28. The molecule has 2 rings (SSSR count). The Morgan fingerprint density at radius 3 is 2.52 bits per heavy atom. The number of hydrogen-bond acceptors (Lipinski definition) is 3. The average Bonchev–Trinajstić information content (AvgIpc) is 2.53. The number of ether oxygens (including phenoxy) is 1. The van der Waals surface area contributed by atoms with Gasteiger partial charge in [-0.1, -0.05) is 24.3 Å². The maximum absolute atomic E-state index is 10.7. The molecule has 0 aliphatic carbocycles. The zero-order valence-corrected chi connectivity index (χ0v) is 11.5.